The van der Waals surface area contributed by atoms with Gasteiger partial charge in [0.25, 0.3) is 10.1 Å². The number of fused-ring (bicyclic) bond motifs is 2. The third kappa shape index (κ3) is 4.86. The lowest BCUT2D eigenvalue weighted by Gasteiger charge is -2.28. The Morgan fingerprint density at radius 3 is 2.65 bits per heavy atom. The van der Waals surface area contributed by atoms with Gasteiger partial charge in [-0.15, -0.1) is 0 Å². The van der Waals surface area contributed by atoms with E-state index < -0.39 is 46.4 Å². The first-order chi connectivity index (χ1) is 17.4. The van der Waals surface area contributed by atoms with E-state index >= 15 is 4.39 Å². The summed E-state index contributed by atoms with van der Waals surface area (Å²) in [5.74, 6) is -0.574. The predicted octanol–water partition coefficient (Wildman–Crippen LogP) is 3.54. The van der Waals surface area contributed by atoms with Crippen LogP contribution in [0.2, 0.25) is 0 Å². The van der Waals surface area contributed by atoms with Gasteiger partial charge in [0.2, 0.25) is 0 Å². The van der Waals surface area contributed by atoms with E-state index in [4.69, 9.17) is 13.7 Å². The summed E-state index contributed by atoms with van der Waals surface area (Å²) in [6.45, 7) is 4.56. The van der Waals surface area contributed by atoms with E-state index in [-0.39, 0.29) is 11.3 Å². The SMILES string of the molecule is Cc1ccc(S(=O)(=O)OC[C@@]2(F)C[C@@H](n3ccc4c(/N=C/N(C)C)ncnc43)[C@@H]3OC(C)(C)O[C@@H]32)cc1. The minimum atomic E-state index is -4.17. The van der Waals surface area contributed by atoms with E-state index in [0.717, 1.165) is 5.56 Å². The Morgan fingerprint density at radius 2 is 1.95 bits per heavy atom. The third-order valence-electron chi connectivity index (χ3n) is 6.59. The average molecular weight is 532 g/mol. The van der Waals surface area contributed by atoms with Crippen LogP contribution in [0.1, 0.15) is 31.9 Å². The number of alkyl halides is 1. The minimum absolute atomic E-state index is 0.0318. The fourth-order valence-corrected chi connectivity index (χ4v) is 5.85. The lowest BCUT2D eigenvalue weighted by atomic mass is 10.0. The predicted molar refractivity (Wildman–Crippen MR) is 135 cm³/mol. The second kappa shape index (κ2) is 9.12. The molecular weight excluding hydrogens is 501 g/mol. The van der Waals surface area contributed by atoms with Gasteiger partial charge in [0.1, 0.15) is 30.8 Å². The third-order valence-corrected chi connectivity index (χ3v) is 7.86. The van der Waals surface area contributed by atoms with Gasteiger partial charge in [-0.2, -0.15) is 8.42 Å². The lowest BCUT2D eigenvalue weighted by Crippen LogP contribution is -2.42. The molecule has 3 aromatic rings. The number of aliphatic imine (C=N–C) groups is 1. The maximum Gasteiger partial charge on any atom is 0.297 e. The molecule has 5 rings (SSSR count). The van der Waals surface area contributed by atoms with Crippen molar-refractivity contribution in [3.8, 4) is 0 Å². The molecule has 1 saturated carbocycles. The summed E-state index contributed by atoms with van der Waals surface area (Å²) >= 11 is 0. The number of nitrogens with zero attached hydrogens (tertiary/aromatic N) is 5. The second-order valence-electron chi connectivity index (χ2n) is 10.2. The van der Waals surface area contributed by atoms with Gasteiger partial charge in [0.15, 0.2) is 17.3 Å². The number of halogens is 1. The molecule has 37 heavy (non-hydrogen) atoms. The van der Waals surface area contributed by atoms with Crippen LogP contribution in [-0.4, -0.2) is 78.6 Å². The van der Waals surface area contributed by atoms with Crippen molar-refractivity contribution < 1.29 is 26.5 Å². The van der Waals surface area contributed by atoms with Crippen molar-refractivity contribution in [3.05, 3.63) is 48.4 Å². The van der Waals surface area contributed by atoms with Gasteiger partial charge in [-0.05, 0) is 39.0 Å². The van der Waals surface area contributed by atoms with Crippen molar-refractivity contribution in [3.63, 3.8) is 0 Å². The Morgan fingerprint density at radius 1 is 1.22 bits per heavy atom. The van der Waals surface area contributed by atoms with Crippen LogP contribution in [0.25, 0.3) is 11.0 Å². The molecule has 1 aliphatic carbocycles. The van der Waals surface area contributed by atoms with Gasteiger partial charge in [-0.25, -0.2) is 19.4 Å². The number of ether oxygens (including phenoxy) is 2. The maximum atomic E-state index is 16.6. The standard InChI is InChI=1S/C25H30FN5O5S/c1-16-6-8-17(9-7-16)37(32,33)34-13-25(26)12-19(20-21(25)36-24(2,3)35-20)31-11-10-18-22(29-15-30(4)5)27-14-28-23(18)31/h6-11,14-15,19-21H,12-13H2,1-5H3/b29-15+/t19-,20+,21+,25+/m1/s1. The first kappa shape index (κ1) is 25.7. The summed E-state index contributed by atoms with van der Waals surface area (Å²) < 4.78 is 61.3. The summed E-state index contributed by atoms with van der Waals surface area (Å²) in [4.78, 5) is 14.8. The number of aryl methyl sites for hydroxylation is 1. The molecule has 1 saturated heterocycles. The Bertz CT molecular complexity index is 1440. The van der Waals surface area contributed by atoms with Crippen LogP contribution in [0.15, 0.2) is 52.7 Å². The molecule has 1 aromatic carbocycles. The van der Waals surface area contributed by atoms with Gasteiger partial charge in [-0.1, -0.05) is 17.7 Å². The molecule has 2 aromatic heterocycles. The molecule has 0 bridgehead atoms. The molecule has 12 heteroatoms. The summed E-state index contributed by atoms with van der Waals surface area (Å²) in [6, 6.07) is 7.50. The molecule has 2 aliphatic rings. The van der Waals surface area contributed by atoms with Crippen LogP contribution in [-0.2, 0) is 23.8 Å². The molecule has 1 aliphatic heterocycles. The molecule has 2 fully saturated rings. The molecule has 0 unspecified atom stereocenters. The van der Waals surface area contributed by atoms with E-state index in [1.807, 2.05) is 31.7 Å². The number of aromatic nitrogens is 3. The monoisotopic (exact) mass is 531 g/mol. The normalized spacial score (nSPS) is 27.2. The van der Waals surface area contributed by atoms with E-state index in [9.17, 15) is 8.42 Å². The van der Waals surface area contributed by atoms with E-state index in [0.29, 0.717) is 16.9 Å². The molecular formula is C25H30FN5O5S. The Kier molecular flexibility index (Phi) is 6.34. The molecule has 198 valence electrons. The molecule has 4 atom stereocenters. The first-order valence-electron chi connectivity index (χ1n) is 11.9. The molecule has 0 spiro atoms. The largest absolute Gasteiger partial charge is 0.369 e. The highest BCUT2D eigenvalue weighted by Crippen LogP contribution is 2.51. The number of rotatable bonds is 7. The van der Waals surface area contributed by atoms with Crippen molar-refractivity contribution in [2.75, 3.05) is 20.7 Å². The number of hydrogen-bond acceptors (Lipinski definition) is 8. The second-order valence-corrected chi connectivity index (χ2v) is 11.8. The molecule has 0 radical (unpaired) electrons. The van der Waals surface area contributed by atoms with Gasteiger partial charge in [0, 0.05) is 26.7 Å². The zero-order chi connectivity index (χ0) is 26.6. The van der Waals surface area contributed by atoms with Crippen molar-refractivity contribution in [2.45, 2.75) is 61.8 Å². The van der Waals surface area contributed by atoms with Crippen LogP contribution in [0.3, 0.4) is 0 Å². The maximum absolute atomic E-state index is 16.6. The molecule has 0 amide bonds. The van der Waals surface area contributed by atoms with Crippen molar-refractivity contribution in [2.24, 2.45) is 4.99 Å². The summed E-state index contributed by atoms with van der Waals surface area (Å²) in [5.41, 5.74) is -0.661. The summed E-state index contributed by atoms with van der Waals surface area (Å²) in [6.07, 6.45) is 3.02. The first-order valence-corrected chi connectivity index (χ1v) is 13.3. The van der Waals surface area contributed by atoms with E-state index in [2.05, 4.69) is 15.0 Å². The van der Waals surface area contributed by atoms with E-state index in [1.165, 1.54) is 18.5 Å². The van der Waals surface area contributed by atoms with Crippen LogP contribution in [0.4, 0.5) is 10.2 Å². The van der Waals surface area contributed by atoms with Crippen LogP contribution >= 0.6 is 0 Å². The van der Waals surface area contributed by atoms with Crippen LogP contribution in [0, 0.1) is 6.92 Å². The highest BCUT2D eigenvalue weighted by Gasteiger charge is 2.63. The van der Waals surface area contributed by atoms with Gasteiger partial charge >= 0.3 is 0 Å². The topological polar surface area (TPSA) is 108 Å². The Hall–Kier alpha value is -2.93. The van der Waals surface area contributed by atoms with Crippen LogP contribution < -0.4 is 0 Å². The Balaban J connectivity index is 1.46. The Labute approximate surface area is 215 Å². The van der Waals surface area contributed by atoms with Gasteiger partial charge in [0.05, 0.1) is 22.7 Å². The number of benzene rings is 1. The van der Waals surface area contributed by atoms with Crippen LogP contribution in [0.5, 0.6) is 0 Å². The van der Waals surface area contributed by atoms with E-state index in [1.54, 1.807) is 43.4 Å². The lowest BCUT2D eigenvalue weighted by molar-refractivity contribution is -0.174. The van der Waals surface area contributed by atoms with Gasteiger partial charge in [-0.3, -0.25) is 4.18 Å². The highest BCUT2D eigenvalue weighted by atomic mass is 32.2. The highest BCUT2D eigenvalue weighted by molar-refractivity contribution is 7.86. The molecule has 3 heterocycles. The molecule has 0 N–H and O–H groups in total. The van der Waals surface area contributed by atoms with Crippen molar-refractivity contribution in [1.82, 2.24) is 19.4 Å². The fraction of sp³-hybridized carbons (Fsp3) is 0.480. The quantitative estimate of drug-likeness (QED) is 0.259. The zero-order valence-corrected chi connectivity index (χ0v) is 22.1. The van der Waals surface area contributed by atoms with Gasteiger partial charge < -0.3 is 18.9 Å². The van der Waals surface area contributed by atoms with Crippen molar-refractivity contribution in [1.29, 1.82) is 0 Å². The average Bonchev–Trinajstić information content (AvgIpc) is 3.48. The minimum Gasteiger partial charge on any atom is -0.369 e. The smallest absolute Gasteiger partial charge is 0.297 e. The fourth-order valence-electron chi connectivity index (χ4n) is 4.89. The summed E-state index contributed by atoms with van der Waals surface area (Å²) in [7, 11) is -0.461. The number of hydrogen-bond donors (Lipinski definition) is 0. The summed E-state index contributed by atoms with van der Waals surface area (Å²) in [5, 5.41) is 0.699. The molecule has 10 nitrogen and oxygen atoms in total. The van der Waals surface area contributed by atoms with Crippen molar-refractivity contribution >= 4 is 33.3 Å². The zero-order valence-electron chi connectivity index (χ0n) is 21.3.